The van der Waals surface area contributed by atoms with Crippen LogP contribution in [0.4, 0.5) is 23.2 Å². The number of nitrogens with zero attached hydrogens (tertiary/aromatic N) is 1. The number of allylic oxidation sites excluding steroid dienone is 1. The van der Waals surface area contributed by atoms with Crippen molar-refractivity contribution in [1.29, 1.82) is 0 Å². The Balaban J connectivity index is 1.66. The van der Waals surface area contributed by atoms with Gasteiger partial charge in [0.05, 0.1) is 17.8 Å². The highest BCUT2D eigenvalue weighted by Gasteiger charge is 2.34. The molecule has 2 amide bonds. The number of halogens is 4. The summed E-state index contributed by atoms with van der Waals surface area (Å²) < 4.78 is 53.1. The quantitative estimate of drug-likeness (QED) is 0.712. The van der Waals surface area contributed by atoms with E-state index >= 15 is 0 Å². The van der Waals surface area contributed by atoms with E-state index in [0.29, 0.717) is 23.2 Å². The molecule has 2 aromatic carbocycles. The second-order valence-corrected chi connectivity index (χ2v) is 7.42. The van der Waals surface area contributed by atoms with E-state index in [1.54, 1.807) is 6.21 Å². The van der Waals surface area contributed by atoms with Crippen LogP contribution in [0.2, 0.25) is 0 Å². The zero-order valence-corrected chi connectivity index (χ0v) is 16.3. The predicted molar refractivity (Wildman–Crippen MR) is 106 cm³/mol. The summed E-state index contributed by atoms with van der Waals surface area (Å²) in [5.74, 6) is -2.40. The number of carbonyl (C=O) groups excluding carboxylic acids is 2. The summed E-state index contributed by atoms with van der Waals surface area (Å²) in [4.78, 5) is 29.2. The molecule has 0 saturated carbocycles. The van der Waals surface area contributed by atoms with Crippen LogP contribution in [0.1, 0.15) is 41.5 Å². The molecule has 0 aromatic heterocycles. The van der Waals surface area contributed by atoms with Crippen LogP contribution in [-0.2, 0) is 22.3 Å². The molecule has 5 nitrogen and oxygen atoms in total. The monoisotopic (exact) mass is 431 g/mol. The average Bonchev–Trinajstić information content (AvgIpc) is 3.14. The standard InChI is InChI=1S/C22H17F4N3O2/c1-11-20(21(31)29-18-7-14-10-27-9-13(14)6-17(18)23)16(8-19(30)28-11)12-2-4-15(5-3-12)22(24,25)26/h2-7,10,16H,8-9H2,1H3,(H,28,30)(H,29,31). The first-order valence-electron chi connectivity index (χ1n) is 9.45. The van der Waals surface area contributed by atoms with Gasteiger partial charge in [-0.25, -0.2) is 4.39 Å². The highest BCUT2D eigenvalue weighted by molar-refractivity contribution is 6.07. The van der Waals surface area contributed by atoms with Gasteiger partial charge < -0.3 is 10.6 Å². The molecule has 2 heterocycles. The number of hydrogen-bond acceptors (Lipinski definition) is 3. The Labute approximate surface area is 174 Å². The van der Waals surface area contributed by atoms with Gasteiger partial charge in [0.25, 0.3) is 5.91 Å². The largest absolute Gasteiger partial charge is 0.416 e. The van der Waals surface area contributed by atoms with E-state index in [-0.39, 0.29) is 29.3 Å². The maximum absolute atomic E-state index is 14.4. The fourth-order valence-electron chi connectivity index (χ4n) is 3.81. The SMILES string of the molecule is CC1=C(C(=O)Nc2cc3c(cc2F)CN=C3)C(c2ccc(C(F)(F)F)cc2)CC(=O)N1. The molecule has 9 heteroatoms. The first kappa shape index (κ1) is 20.8. The van der Waals surface area contributed by atoms with Crippen LogP contribution in [0.25, 0.3) is 0 Å². The van der Waals surface area contributed by atoms with Crippen LogP contribution in [0, 0.1) is 5.82 Å². The first-order valence-corrected chi connectivity index (χ1v) is 9.45. The van der Waals surface area contributed by atoms with Crippen LogP contribution in [0.15, 0.2) is 52.7 Å². The number of carbonyl (C=O) groups is 2. The predicted octanol–water partition coefficient (Wildman–Crippen LogP) is 4.29. The Hall–Kier alpha value is -3.49. The molecular formula is C22H17F4N3O2. The van der Waals surface area contributed by atoms with E-state index in [1.165, 1.54) is 31.2 Å². The lowest BCUT2D eigenvalue weighted by Crippen LogP contribution is -2.35. The highest BCUT2D eigenvalue weighted by Crippen LogP contribution is 2.36. The van der Waals surface area contributed by atoms with Crippen LogP contribution >= 0.6 is 0 Å². The summed E-state index contributed by atoms with van der Waals surface area (Å²) in [6.45, 7) is 1.89. The van der Waals surface area contributed by atoms with Gasteiger partial charge in [-0.05, 0) is 47.9 Å². The number of amides is 2. The van der Waals surface area contributed by atoms with E-state index in [1.807, 2.05) is 0 Å². The number of rotatable bonds is 3. The molecule has 1 atom stereocenters. The van der Waals surface area contributed by atoms with Crippen molar-refractivity contribution < 1.29 is 27.2 Å². The van der Waals surface area contributed by atoms with Gasteiger partial charge in [-0.15, -0.1) is 0 Å². The molecular weight excluding hydrogens is 414 g/mol. The molecule has 0 radical (unpaired) electrons. The Morgan fingerprint density at radius 1 is 1.19 bits per heavy atom. The van der Waals surface area contributed by atoms with Crippen LogP contribution in [0.5, 0.6) is 0 Å². The summed E-state index contributed by atoms with van der Waals surface area (Å²) in [6.07, 6.45) is -3.03. The molecule has 31 heavy (non-hydrogen) atoms. The maximum Gasteiger partial charge on any atom is 0.416 e. The fourth-order valence-corrected chi connectivity index (χ4v) is 3.81. The molecule has 1 unspecified atom stereocenters. The molecule has 0 bridgehead atoms. The van der Waals surface area contributed by atoms with E-state index in [4.69, 9.17) is 0 Å². The third-order valence-corrected chi connectivity index (χ3v) is 5.32. The number of alkyl halides is 3. The smallest absolute Gasteiger partial charge is 0.330 e. The van der Waals surface area contributed by atoms with Gasteiger partial charge in [-0.3, -0.25) is 14.6 Å². The Bertz CT molecular complexity index is 1130. The molecule has 2 aliphatic rings. The van der Waals surface area contributed by atoms with Gasteiger partial charge in [0.15, 0.2) is 0 Å². The number of benzene rings is 2. The molecule has 160 valence electrons. The van der Waals surface area contributed by atoms with E-state index in [0.717, 1.165) is 12.1 Å². The number of nitrogens with one attached hydrogen (secondary N) is 2. The van der Waals surface area contributed by atoms with Crippen molar-refractivity contribution in [2.45, 2.75) is 32.0 Å². The fraction of sp³-hybridized carbons (Fsp3) is 0.227. The van der Waals surface area contributed by atoms with Crippen LogP contribution in [-0.4, -0.2) is 18.0 Å². The summed E-state index contributed by atoms with van der Waals surface area (Å²) in [5.41, 5.74) is 1.34. The van der Waals surface area contributed by atoms with Crippen molar-refractivity contribution in [2.75, 3.05) is 5.32 Å². The average molecular weight is 431 g/mol. The van der Waals surface area contributed by atoms with Gasteiger partial charge in [0, 0.05) is 29.8 Å². The van der Waals surface area contributed by atoms with E-state index in [9.17, 15) is 27.2 Å². The zero-order valence-electron chi connectivity index (χ0n) is 16.3. The molecule has 2 aromatic rings. The molecule has 0 aliphatic carbocycles. The molecule has 0 fully saturated rings. The van der Waals surface area contributed by atoms with Crippen LogP contribution in [0.3, 0.4) is 0 Å². The summed E-state index contributed by atoms with van der Waals surface area (Å²) >= 11 is 0. The van der Waals surface area contributed by atoms with Crippen molar-refractivity contribution in [3.63, 3.8) is 0 Å². The van der Waals surface area contributed by atoms with Gasteiger partial charge in [-0.1, -0.05) is 12.1 Å². The highest BCUT2D eigenvalue weighted by atomic mass is 19.4. The normalized spacial score (nSPS) is 18.1. The van der Waals surface area contributed by atoms with E-state index < -0.39 is 29.4 Å². The molecule has 2 N–H and O–H groups in total. The summed E-state index contributed by atoms with van der Waals surface area (Å²) in [7, 11) is 0. The molecule has 2 aliphatic heterocycles. The van der Waals surface area contributed by atoms with Crippen molar-refractivity contribution in [2.24, 2.45) is 4.99 Å². The van der Waals surface area contributed by atoms with Gasteiger partial charge in [0.1, 0.15) is 5.82 Å². The second-order valence-electron chi connectivity index (χ2n) is 7.42. The minimum atomic E-state index is -4.50. The molecule has 0 saturated heterocycles. The second kappa shape index (κ2) is 7.64. The molecule has 0 spiro atoms. The topological polar surface area (TPSA) is 70.6 Å². The Morgan fingerprint density at radius 2 is 1.90 bits per heavy atom. The third-order valence-electron chi connectivity index (χ3n) is 5.32. The Morgan fingerprint density at radius 3 is 2.58 bits per heavy atom. The maximum atomic E-state index is 14.4. The van der Waals surface area contributed by atoms with Crippen LogP contribution < -0.4 is 10.6 Å². The van der Waals surface area contributed by atoms with Gasteiger partial charge >= 0.3 is 6.18 Å². The van der Waals surface area contributed by atoms with Crippen molar-refractivity contribution >= 4 is 23.7 Å². The number of fused-ring (bicyclic) bond motifs is 1. The van der Waals surface area contributed by atoms with Crippen molar-refractivity contribution in [1.82, 2.24) is 5.32 Å². The first-order chi connectivity index (χ1) is 14.6. The number of hydrogen-bond donors (Lipinski definition) is 2. The molecule has 4 rings (SSSR count). The van der Waals surface area contributed by atoms with Gasteiger partial charge in [0.2, 0.25) is 5.91 Å². The van der Waals surface area contributed by atoms with Crippen molar-refractivity contribution in [3.8, 4) is 0 Å². The lowest BCUT2D eigenvalue weighted by atomic mass is 9.83. The Kier molecular flexibility index (Phi) is 5.12. The summed E-state index contributed by atoms with van der Waals surface area (Å²) in [5, 5.41) is 5.10. The third kappa shape index (κ3) is 4.08. The number of aliphatic imine (C=N–C) groups is 1. The van der Waals surface area contributed by atoms with E-state index in [2.05, 4.69) is 15.6 Å². The lowest BCUT2D eigenvalue weighted by Gasteiger charge is -2.27. The minimum absolute atomic E-state index is 0.0412. The van der Waals surface area contributed by atoms with Crippen molar-refractivity contribution in [3.05, 3.63) is 75.7 Å². The number of anilines is 1. The zero-order chi connectivity index (χ0) is 22.3. The van der Waals surface area contributed by atoms with Gasteiger partial charge in [-0.2, -0.15) is 13.2 Å². The minimum Gasteiger partial charge on any atom is -0.330 e. The summed E-state index contributed by atoms with van der Waals surface area (Å²) in [6, 6.07) is 7.09. The lowest BCUT2D eigenvalue weighted by molar-refractivity contribution is -0.137.